The molecule has 2 aromatic heterocycles. The number of carbonyl (C=O) groups excluding carboxylic acids is 1. The van der Waals surface area contributed by atoms with Gasteiger partial charge in [-0.2, -0.15) is 0 Å². The Bertz CT molecular complexity index is 1870. The molecule has 0 saturated carbocycles. The minimum absolute atomic E-state index is 0.0713. The van der Waals surface area contributed by atoms with Crippen LogP contribution in [0.5, 0.6) is 11.5 Å². The number of esters is 1. The van der Waals surface area contributed by atoms with Crippen LogP contribution in [0.2, 0.25) is 0 Å². The van der Waals surface area contributed by atoms with Gasteiger partial charge in [-0.3, -0.25) is 13.7 Å². The number of allylic oxidation sites excluding steroid dienone is 2. The molecule has 1 fully saturated rings. The normalized spacial score (nSPS) is 23.1. The summed E-state index contributed by atoms with van der Waals surface area (Å²) in [5.74, 6) is -1.28. The first-order chi connectivity index (χ1) is 23.7. The summed E-state index contributed by atoms with van der Waals surface area (Å²) in [4.78, 5) is 45.4. The maximum atomic E-state index is 12.9. The summed E-state index contributed by atoms with van der Waals surface area (Å²) in [6.45, 7) is 3.05. The van der Waals surface area contributed by atoms with Gasteiger partial charge in [0.25, 0.3) is 0 Å². The number of cyclic esters (lactones) is 1. The van der Waals surface area contributed by atoms with Crippen LogP contribution in [0.25, 0.3) is 11.2 Å². The molecule has 274 valence electrons. The van der Waals surface area contributed by atoms with Crippen LogP contribution in [0.15, 0.2) is 24.3 Å². The smallest absolute Gasteiger partial charge is 0.342 e. The SMILES string of the molecule is COc1c(C)c2c(c(O)c1C/C=C(\C)CCCOP(=O)(O)CP(=O)(O)OC[C@H]1O[C@@H](n3cnc4c(N)ncnc43)C(OC)[C@H]1OC)C(=O)OC2. The molecule has 5 rings (SSSR count). The van der Waals surface area contributed by atoms with E-state index in [0.29, 0.717) is 46.4 Å². The number of phenols is 1. The fourth-order valence-electron chi connectivity index (χ4n) is 6.12. The highest BCUT2D eigenvalue weighted by Crippen LogP contribution is 2.58. The number of ether oxygens (including phenoxy) is 5. The Morgan fingerprint density at radius 3 is 2.54 bits per heavy atom. The molecule has 0 amide bonds. The molecule has 3 unspecified atom stereocenters. The molecule has 18 nitrogen and oxygen atoms in total. The number of aromatic nitrogens is 4. The summed E-state index contributed by atoms with van der Waals surface area (Å²) in [6, 6.07) is 0. The number of nitrogens with two attached hydrogens (primary N) is 1. The van der Waals surface area contributed by atoms with E-state index < -0.39 is 58.2 Å². The quantitative estimate of drug-likeness (QED) is 0.0711. The van der Waals surface area contributed by atoms with Crippen LogP contribution in [-0.2, 0) is 50.2 Å². The Kier molecular flexibility index (Phi) is 11.7. The number of imidazole rings is 1. The Morgan fingerprint density at radius 2 is 1.84 bits per heavy atom. The van der Waals surface area contributed by atoms with Crippen molar-refractivity contribution in [3.05, 3.63) is 46.6 Å². The lowest BCUT2D eigenvalue weighted by Gasteiger charge is -2.22. The lowest BCUT2D eigenvalue weighted by Crippen LogP contribution is -2.37. The van der Waals surface area contributed by atoms with Gasteiger partial charge in [0, 0.05) is 25.3 Å². The number of aromatic hydroxyl groups is 1. The number of fused-ring (bicyclic) bond motifs is 2. The number of phenolic OH excluding ortho intramolecular Hbond substituents is 1. The van der Waals surface area contributed by atoms with E-state index in [0.717, 1.165) is 5.57 Å². The van der Waals surface area contributed by atoms with Crippen molar-refractivity contribution in [2.24, 2.45) is 0 Å². The second kappa shape index (κ2) is 15.4. The van der Waals surface area contributed by atoms with Crippen LogP contribution >= 0.6 is 15.2 Å². The van der Waals surface area contributed by atoms with Crippen molar-refractivity contribution >= 4 is 38.1 Å². The summed E-state index contributed by atoms with van der Waals surface area (Å²) in [7, 11) is -4.85. The van der Waals surface area contributed by atoms with Gasteiger partial charge < -0.3 is 53.4 Å². The van der Waals surface area contributed by atoms with E-state index in [2.05, 4.69) is 15.0 Å². The zero-order chi connectivity index (χ0) is 36.4. The van der Waals surface area contributed by atoms with Gasteiger partial charge in [0.2, 0.25) is 0 Å². The third-order valence-corrected chi connectivity index (χ3v) is 12.6. The van der Waals surface area contributed by atoms with Gasteiger partial charge in [-0.1, -0.05) is 11.6 Å². The number of carbonyl (C=O) groups is 1. The maximum Gasteiger partial charge on any atom is 0.342 e. The standard InChI is InChI=1S/C30H41N5O13P2/c1-16(8-9-18-23(36)21-19(11-45-30(21)37)17(2)24(18)42-3)7-6-10-46-49(38,39)15-50(40,41)47-12-20-25(43-4)26(44-5)29(48-20)35-14-34-22-27(31)32-13-33-28(22)35/h8,13-14,20,25-26,29,36H,6-7,9-12,15H2,1-5H3,(H,38,39)(H,40,41)(H2,31,32,33)/b16-8+/t20-,25+,26?,29-/m1/s1. The lowest BCUT2D eigenvalue weighted by molar-refractivity contribution is -0.0566. The summed E-state index contributed by atoms with van der Waals surface area (Å²) in [5, 5.41) is 10.8. The Hall–Kier alpha value is -3.44. The zero-order valence-electron chi connectivity index (χ0n) is 28.2. The van der Waals surface area contributed by atoms with E-state index in [4.69, 9.17) is 38.5 Å². The minimum atomic E-state index is -4.65. The molecular weight excluding hydrogens is 700 g/mol. The van der Waals surface area contributed by atoms with Crippen molar-refractivity contribution in [3.8, 4) is 11.5 Å². The predicted molar refractivity (Wildman–Crippen MR) is 177 cm³/mol. The molecule has 20 heteroatoms. The maximum absolute atomic E-state index is 12.9. The number of hydrogen-bond donors (Lipinski definition) is 4. The number of methoxy groups -OCH3 is 3. The van der Waals surface area contributed by atoms with Gasteiger partial charge in [0.05, 0.1) is 26.7 Å². The largest absolute Gasteiger partial charge is 0.507 e. The van der Waals surface area contributed by atoms with Crippen molar-refractivity contribution in [1.82, 2.24) is 19.5 Å². The first-order valence-electron chi connectivity index (χ1n) is 15.5. The van der Waals surface area contributed by atoms with Gasteiger partial charge in [-0.25, -0.2) is 19.7 Å². The average molecular weight is 742 g/mol. The van der Waals surface area contributed by atoms with Crippen LogP contribution in [0.4, 0.5) is 5.82 Å². The van der Waals surface area contributed by atoms with E-state index >= 15 is 0 Å². The number of nitrogens with zero attached hydrogens (tertiary/aromatic N) is 4. The highest BCUT2D eigenvalue weighted by atomic mass is 31.2. The fourth-order valence-corrected chi connectivity index (χ4v) is 9.37. The molecule has 2 aliphatic rings. The van der Waals surface area contributed by atoms with Gasteiger partial charge in [-0.05, 0) is 38.7 Å². The Morgan fingerprint density at radius 1 is 1.12 bits per heavy atom. The van der Waals surface area contributed by atoms with E-state index in [-0.39, 0.29) is 36.8 Å². The minimum Gasteiger partial charge on any atom is -0.507 e. The van der Waals surface area contributed by atoms with Crippen LogP contribution in [0, 0.1) is 6.92 Å². The van der Waals surface area contributed by atoms with Crippen molar-refractivity contribution in [1.29, 1.82) is 0 Å². The highest BCUT2D eigenvalue weighted by molar-refractivity contribution is 7.70. The van der Waals surface area contributed by atoms with Gasteiger partial charge in [0.15, 0.2) is 23.6 Å². The molecule has 2 aliphatic heterocycles. The van der Waals surface area contributed by atoms with E-state index in [1.54, 1.807) is 11.5 Å². The van der Waals surface area contributed by atoms with Crippen LogP contribution in [-0.4, -0.2) is 99.1 Å². The Labute approximate surface area is 287 Å². The van der Waals surface area contributed by atoms with E-state index in [1.807, 2.05) is 13.0 Å². The average Bonchev–Trinajstić information content (AvgIpc) is 3.77. The van der Waals surface area contributed by atoms with E-state index in [1.165, 1.54) is 34.0 Å². The molecule has 1 saturated heterocycles. The first-order valence-corrected chi connectivity index (χ1v) is 19.0. The van der Waals surface area contributed by atoms with Crippen LogP contribution in [0.1, 0.15) is 53.0 Å². The molecular formula is C30H41N5O13P2. The van der Waals surface area contributed by atoms with Crippen molar-refractivity contribution in [3.63, 3.8) is 0 Å². The number of benzene rings is 1. The third kappa shape index (κ3) is 7.88. The Balaban J connectivity index is 1.13. The molecule has 6 atom stereocenters. The third-order valence-electron chi connectivity index (χ3n) is 8.60. The number of anilines is 1. The van der Waals surface area contributed by atoms with Crippen LogP contribution in [0.3, 0.4) is 0 Å². The molecule has 3 aromatic rings. The lowest BCUT2D eigenvalue weighted by atomic mass is 9.94. The number of rotatable bonds is 16. The first kappa shape index (κ1) is 37.8. The summed E-state index contributed by atoms with van der Waals surface area (Å²) in [6.07, 6.45) is 2.37. The number of nitrogen functional groups attached to an aromatic ring is 1. The molecule has 5 N–H and O–H groups in total. The summed E-state index contributed by atoms with van der Waals surface area (Å²) >= 11 is 0. The summed E-state index contributed by atoms with van der Waals surface area (Å²) < 4.78 is 65.4. The van der Waals surface area contributed by atoms with Crippen molar-refractivity contribution in [2.45, 2.75) is 64.3 Å². The molecule has 50 heavy (non-hydrogen) atoms. The number of hydrogen-bond acceptors (Lipinski definition) is 15. The molecule has 1 aromatic carbocycles. The molecule has 0 bridgehead atoms. The van der Waals surface area contributed by atoms with Gasteiger partial charge in [-0.15, -0.1) is 0 Å². The van der Waals surface area contributed by atoms with Crippen LogP contribution < -0.4 is 10.5 Å². The molecule has 0 spiro atoms. The predicted octanol–water partition coefficient (Wildman–Crippen LogP) is 3.36. The van der Waals surface area contributed by atoms with Crippen molar-refractivity contribution < 1.29 is 61.5 Å². The second-order valence-electron chi connectivity index (χ2n) is 11.9. The highest BCUT2D eigenvalue weighted by Gasteiger charge is 2.48. The second-order valence-corrected chi connectivity index (χ2v) is 16.1. The molecule has 0 aliphatic carbocycles. The molecule has 4 heterocycles. The van der Waals surface area contributed by atoms with Crippen molar-refractivity contribution in [2.75, 3.05) is 46.2 Å². The monoisotopic (exact) mass is 741 g/mol. The summed E-state index contributed by atoms with van der Waals surface area (Å²) in [5.41, 5.74) is 9.39. The van der Waals surface area contributed by atoms with E-state index in [9.17, 15) is 28.8 Å². The topological polar surface area (TPSA) is 246 Å². The van der Waals surface area contributed by atoms with Gasteiger partial charge in [0.1, 0.15) is 53.8 Å². The van der Waals surface area contributed by atoms with Gasteiger partial charge >= 0.3 is 21.2 Å². The fraction of sp³-hybridized carbons (Fsp3) is 0.533. The zero-order valence-corrected chi connectivity index (χ0v) is 30.0. The molecule has 0 radical (unpaired) electrons.